The van der Waals surface area contributed by atoms with E-state index in [4.69, 9.17) is 0 Å². The Hall–Kier alpha value is -2.13. The molecule has 27 heavy (non-hydrogen) atoms. The van der Waals surface area contributed by atoms with Crippen LogP contribution in [0.1, 0.15) is 40.2 Å². The number of rotatable bonds is 6. The molecule has 0 bridgehead atoms. The molecular weight excluding hydrogens is 384 g/mol. The van der Waals surface area contributed by atoms with Crippen LogP contribution in [-0.2, 0) is 16.6 Å². The zero-order valence-electron chi connectivity index (χ0n) is 15.5. The van der Waals surface area contributed by atoms with Crippen molar-refractivity contribution in [2.24, 2.45) is 0 Å². The maximum absolute atomic E-state index is 12.5. The van der Waals surface area contributed by atoms with Gasteiger partial charge in [0, 0.05) is 25.3 Å². The van der Waals surface area contributed by atoms with Crippen LogP contribution >= 0.6 is 11.3 Å². The van der Waals surface area contributed by atoms with Gasteiger partial charge in [0.15, 0.2) is 5.13 Å². The van der Waals surface area contributed by atoms with E-state index in [0.717, 1.165) is 36.2 Å². The quantitative estimate of drug-likeness (QED) is 0.767. The molecule has 0 aliphatic carbocycles. The number of thiazole rings is 1. The molecule has 0 saturated carbocycles. The summed E-state index contributed by atoms with van der Waals surface area (Å²) in [5, 5.41) is 3.10. The van der Waals surface area contributed by atoms with Gasteiger partial charge in [0.05, 0.1) is 11.9 Å². The lowest BCUT2D eigenvalue weighted by molar-refractivity contribution is 0.0954. The lowest BCUT2D eigenvalue weighted by atomic mass is 10.1. The molecule has 1 aromatic carbocycles. The highest BCUT2D eigenvalue weighted by atomic mass is 32.2. The number of carbonyl (C=O) groups is 1. The summed E-state index contributed by atoms with van der Waals surface area (Å²) in [6, 6.07) is 8.22. The van der Waals surface area contributed by atoms with E-state index in [9.17, 15) is 13.2 Å². The second-order valence-corrected chi connectivity index (χ2v) is 9.46. The van der Waals surface area contributed by atoms with Gasteiger partial charge < -0.3 is 10.2 Å². The Balaban J connectivity index is 1.64. The monoisotopic (exact) mass is 408 g/mol. The molecule has 1 aliphatic heterocycles. The summed E-state index contributed by atoms with van der Waals surface area (Å²) in [7, 11) is -3.42. The number of hydrogen-bond donors (Lipinski definition) is 2. The predicted octanol–water partition coefficient (Wildman–Crippen LogP) is 2.74. The molecule has 0 atom stereocenters. The van der Waals surface area contributed by atoms with Crippen LogP contribution in [0, 0.1) is 6.92 Å². The molecular formula is C18H24N4O3S2. The smallest absolute Gasteiger partial charge is 0.263 e. The van der Waals surface area contributed by atoms with Gasteiger partial charge in [-0.15, -0.1) is 0 Å². The number of carbonyl (C=O) groups excluding carboxylic acids is 1. The molecule has 9 heteroatoms. The van der Waals surface area contributed by atoms with Crippen LogP contribution in [0.3, 0.4) is 0 Å². The van der Waals surface area contributed by atoms with Crippen LogP contribution in [-0.4, -0.2) is 38.7 Å². The summed E-state index contributed by atoms with van der Waals surface area (Å²) < 4.78 is 24.9. The summed E-state index contributed by atoms with van der Waals surface area (Å²) in [5.74, 6) is -0.255. The van der Waals surface area contributed by atoms with E-state index < -0.39 is 10.0 Å². The van der Waals surface area contributed by atoms with Crippen LogP contribution in [0.2, 0.25) is 0 Å². The Morgan fingerprint density at radius 3 is 2.70 bits per heavy atom. The minimum Gasteiger partial charge on any atom is -0.372 e. The van der Waals surface area contributed by atoms with Gasteiger partial charge in [-0.2, -0.15) is 0 Å². The molecule has 1 fully saturated rings. The number of piperidine rings is 1. The Bertz CT molecular complexity index is 918. The maximum Gasteiger partial charge on any atom is 0.263 e. The summed E-state index contributed by atoms with van der Waals surface area (Å²) in [5.41, 5.74) is 2.73. The number of nitrogens with zero attached hydrogens (tertiary/aromatic N) is 2. The lowest BCUT2D eigenvalue weighted by Crippen LogP contribution is -2.29. The average Bonchev–Trinajstić information content (AvgIpc) is 2.99. The fourth-order valence-electron chi connectivity index (χ4n) is 3.09. The van der Waals surface area contributed by atoms with Crippen molar-refractivity contribution in [2.45, 2.75) is 32.7 Å². The van der Waals surface area contributed by atoms with E-state index in [1.54, 1.807) is 6.92 Å². The van der Waals surface area contributed by atoms with Crippen molar-refractivity contribution in [3.63, 3.8) is 0 Å². The fourth-order valence-corrected chi connectivity index (χ4v) is 4.80. The minimum atomic E-state index is -3.42. The number of aromatic nitrogens is 1. The first-order valence-corrected chi connectivity index (χ1v) is 11.6. The Morgan fingerprint density at radius 2 is 2.00 bits per heavy atom. The number of aryl methyl sites for hydroxylation is 1. The van der Waals surface area contributed by atoms with Gasteiger partial charge in [0.25, 0.3) is 5.91 Å². The third kappa shape index (κ3) is 5.43. The summed E-state index contributed by atoms with van der Waals surface area (Å²) in [6.45, 7) is 4.25. The molecule has 0 radical (unpaired) electrons. The number of amides is 1. The minimum absolute atomic E-state index is 0.201. The van der Waals surface area contributed by atoms with Crippen molar-refractivity contribution < 1.29 is 13.2 Å². The Morgan fingerprint density at radius 1 is 1.26 bits per heavy atom. The van der Waals surface area contributed by atoms with Gasteiger partial charge in [0.2, 0.25) is 10.0 Å². The van der Waals surface area contributed by atoms with Crippen LogP contribution < -0.4 is 14.9 Å². The number of nitrogens with one attached hydrogen (secondary N) is 2. The predicted molar refractivity (Wildman–Crippen MR) is 109 cm³/mol. The van der Waals surface area contributed by atoms with Crippen LogP contribution in [0.15, 0.2) is 24.3 Å². The van der Waals surface area contributed by atoms with E-state index >= 15 is 0 Å². The highest BCUT2D eigenvalue weighted by molar-refractivity contribution is 7.92. The molecule has 146 valence electrons. The molecule has 3 rings (SSSR count). The van der Waals surface area contributed by atoms with E-state index in [2.05, 4.69) is 32.1 Å². The second kappa shape index (κ2) is 8.26. The molecule has 2 N–H and O–H groups in total. The van der Waals surface area contributed by atoms with Crippen molar-refractivity contribution in [1.82, 2.24) is 10.3 Å². The standard InChI is InChI=1S/C18H24N4O3S2/c1-13-16(26-18(20-13)21-27(2,24)25)17(23)19-12-14-7-6-8-15(11-14)22-9-4-3-5-10-22/h6-8,11H,3-5,9-10,12H2,1-2H3,(H,19,23)(H,20,21). The Labute approximate surface area is 163 Å². The SMILES string of the molecule is Cc1nc(NS(C)(=O)=O)sc1C(=O)NCc1cccc(N2CCCCC2)c1. The topological polar surface area (TPSA) is 91.4 Å². The molecule has 7 nitrogen and oxygen atoms in total. The zero-order chi connectivity index (χ0) is 19.4. The molecule has 1 amide bonds. The van der Waals surface area contributed by atoms with E-state index in [-0.39, 0.29) is 11.0 Å². The third-order valence-corrected chi connectivity index (χ3v) is 6.13. The lowest BCUT2D eigenvalue weighted by Gasteiger charge is -2.29. The van der Waals surface area contributed by atoms with Crippen LogP contribution in [0.5, 0.6) is 0 Å². The van der Waals surface area contributed by atoms with Gasteiger partial charge in [0.1, 0.15) is 4.88 Å². The normalized spacial score (nSPS) is 14.8. The van der Waals surface area contributed by atoms with Gasteiger partial charge in [-0.1, -0.05) is 23.5 Å². The largest absolute Gasteiger partial charge is 0.372 e. The van der Waals surface area contributed by atoms with Crippen molar-refractivity contribution in [3.05, 3.63) is 40.4 Å². The first-order chi connectivity index (χ1) is 12.8. The zero-order valence-corrected chi connectivity index (χ0v) is 17.1. The van der Waals surface area contributed by atoms with E-state index in [1.807, 2.05) is 12.1 Å². The van der Waals surface area contributed by atoms with Crippen molar-refractivity contribution in [3.8, 4) is 0 Å². The second-order valence-electron chi connectivity index (χ2n) is 6.71. The van der Waals surface area contributed by atoms with Gasteiger partial charge >= 0.3 is 0 Å². The Kier molecular flexibility index (Phi) is 6.01. The average molecular weight is 409 g/mol. The first kappa shape index (κ1) is 19.6. The molecule has 1 aromatic heterocycles. The van der Waals surface area contributed by atoms with E-state index in [1.165, 1.54) is 24.9 Å². The summed E-state index contributed by atoms with van der Waals surface area (Å²) >= 11 is 1.03. The number of hydrogen-bond acceptors (Lipinski definition) is 6. The van der Waals surface area contributed by atoms with Gasteiger partial charge in [-0.25, -0.2) is 13.4 Å². The molecule has 0 unspecified atom stereocenters. The molecule has 2 aromatic rings. The summed E-state index contributed by atoms with van der Waals surface area (Å²) in [6.07, 6.45) is 4.78. The highest BCUT2D eigenvalue weighted by Gasteiger charge is 2.17. The van der Waals surface area contributed by atoms with Crippen LogP contribution in [0.4, 0.5) is 10.8 Å². The highest BCUT2D eigenvalue weighted by Crippen LogP contribution is 2.24. The molecule has 0 spiro atoms. The number of sulfonamides is 1. The third-order valence-electron chi connectivity index (χ3n) is 4.36. The number of anilines is 2. The first-order valence-electron chi connectivity index (χ1n) is 8.89. The molecule has 1 aliphatic rings. The van der Waals surface area contributed by atoms with Crippen molar-refractivity contribution in [1.29, 1.82) is 0 Å². The maximum atomic E-state index is 12.5. The molecule has 1 saturated heterocycles. The van der Waals surface area contributed by atoms with E-state index in [0.29, 0.717) is 17.1 Å². The van der Waals surface area contributed by atoms with Crippen molar-refractivity contribution >= 4 is 38.1 Å². The van der Waals surface area contributed by atoms with Crippen molar-refractivity contribution in [2.75, 3.05) is 29.0 Å². The van der Waals surface area contributed by atoms with Gasteiger partial charge in [-0.3, -0.25) is 9.52 Å². The van der Waals surface area contributed by atoms with Crippen LogP contribution in [0.25, 0.3) is 0 Å². The number of benzene rings is 1. The fraction of sp³-hybridized carbons (Fsp3) is 0.444. The van der Waals surface area contributed by atoms with Gasteiger partial charge in [-0.05, 0) is 43.9 Å². The molecule has 2 heterocycles. The summed E-state index contributed by atoms with van der Waals surface area (Å²) in [4.78, 5) is 19.4.